The molecule has 7 nitrogen and oxygen atoms in total. The van der Waals surface area contributed by atoms with Crippen molar-refractivity contribution in [1.29, 1.82) is 0 Å². The molecular formula is C23H23BrN2O5S. The minimum atomic E-state index is -0.264. The number of nitrogens with zero attached hydrogens (tertiary/aromatic N) is 2. The molecule has 1 amide bonds. The summed E-state index contributed by atoms with van der Waals surface area (Å²) in [6.07, 6.45) is 1.54. The Kier molecular flexibility index (Phi) is 5.86. The van der Waals surface area contributed by atoms with Crippen LogP contribution in [0.1, 0.15) is 35.8 Å². The third kappa shape index (κ3) is 3.99. The zero-order valence-electron chi connectivity index (χ0n) is 17.6. The number of piperidine rings is 1. The Morgan fingerprint density at radius 3 is 2.91 bits per heavy atom. The van der Waals surface area contributed by atoms with Crippen LogP contribution in [0, 0.1) is 5.92 Å². The number of hydrogen-bond donors (Lipinski definition) is 0. The molecule has 0 aliphatic carbocycles. The second-order valence-corrected chi connectivity index (χ2v) is 10.4. The minimum Gasteiger partial charge on any atom is -0.466 e. The van der Waals surface area contributed by atoms with E-state index in [1.807, 2.05) is 34.9 Å². The van der Waals surface area contributed by atoms with Crippen LogP contribution in [-0.4, -0.2) is 47.8 Å². The number of amides is 1. The number of thiophene rings is 1. The molecule has 168 valence electrons. The van der Waals surface area contributed by atoms with Crippen LogP contribution in [0.3, 0.4) is 0 Å². The van der Waals surface area contributed by atoms with E-state index < -0.39 is 0 Å². The first-order valence-corrected chi connectivity index (χ1v) is 12.3. The highest BCUT2D eigenvalue weighted by atomic mass is 79.9. The third-order valence-corrected chi connectivity index (χ3v) is 7.46. The van der Waals surface area contributed by atoms with Crippen LogP contribution in [0.5, 0.6) is 11.5 Å². The Balaban J connectivity index is 1.45. The topological polar surface area (TPSA) is 70.0 Å². The van der Waals surface area contributed by atoms with Crippen molar-refractivity contribution in [2.24, 2.45) is 5.92 Å². The number of likely N-dealkylation sites (tertiary alicyclic amines) is 1. The zero-order chi connectivity index (χ0) is 22.2. The van der Waals surface area contributed by atoms with Crippen molar-refractivity contribution in [3.8, 4) is 11.5 Å². The van der Waals surface area contributed by atoms with Gasteiger partial charge in [0.25, 0.3) is 5.91 Å². The number of benzene rings is 1. The number of fused-ring (bicyclic) bond motifs is 2. The summed E-state index contributed by atoms with van der Waals surface area (Å²) < 4.78 is 20.2. The maximum atomic E-state index is 13.6. The largest absolute Gasteiger partial charge is 0.466 e. The number of halogens is 1. The van der Waals surface area contributed by atoms with Gasteiger partial charge < -0.3 is 23.7 Å². The predicted molar refractivity (Wildman–Crippen MR) is 124 cm³/mol. The van der Waals surface area contributed by atoms with Gasteiger partial charge in [-0.05, 0) is 65.5 Å². The van der Waals surface area contributed by atoms with Gasteiger partial charge in [0.1, 0.15) is 5.69 Å². The molecule has 0 N–H and O–H groups in total. The van der Waals surface area contributed by atoms with Gasteiger partial charge in [0, 0.05) is 19.6 Å². The second kappa shape index (κ2) is 8.78. The van der Waals surface area contributed by atoms with Gasteiger partial charge >= 0.3 is 5.97 Å². The summed E-state index contributed by atoms with van der Waals surface area (Å²) in [6.45, 7) is 3.94. The molecule has 1 fully saturated rings. The Morgan fingerprint density at radius 2 is 2.06 bits per heavy atom. The van der Waals surface area contributed by atoms with E-state index in [1.165, 1.54) is 0 Å². The maximum Gasteiger partial charge on any atom is 0.310 e. The van der Waals surface area contributed by atoms with Crippen LogP contribution >= 0.6 is 27.3 Å². The monoisotopic (exact) mass is 518 g/mol. The molecule has 9 heteroatoms. The summed E-state index contributed by atoms with van der Waals surface area (Å²) in [6, 6.07) is 9.85. The average molecular weight is 519 g/mol. The standard InChI is InChI=1S/C23H23BrN2O5S/c1-2-29-23(28)15-4-3-7-25(12-15)22(27)17-9-20-16(10-21(24)32-20)26(17)11-14-5-6-18-19(8-14)31-13-30-18/h5-6,8-10,15H,2-4,7,11-13H2,1H3/t15-/m1/s1. The van der Waals surface area contributed by atoms with Gasteiger partial charge in [-0.15, -0.1) is 11.3 Å². The Bertz CT molecular complexity index is 1190. The molecule has 0 spiro atoms. The first-order valence-electron chi connectivity index (χ1n) is 10.7. The van der Waals surface area contributed by atoms with Crippen LogP contribution in [0.2, 0.25) is 0 Å². The first kappa shape index (κ1) is 21.3. The SMILES string of the molecule is CCOC(=O)[C@@H]1CCCN(C(=O)c2cc3sc(Br)cc3n2Cc2ccc3c(c2)OCO3)C1. The lowest BCUT2D eigenvalue weighted by molar-refractivity contribution is -0.149. The highest BCUT2D eigenvalue weighted by Gasteiger charge is 2.31. The lowest BCUT2D eigenvalue weighted by Gasteiger charge is -2.31. The normalized spacial score (nSPS) is 17.7. The van der Waals surface area contributed by atoms with E-state index in [9.17, 15) is 9.59 Å². The Morgan fingerprint density at radius 1 is 1.22 bits per heavy atom. The highest BCUT2D eigenvalue weighted by molar-refractivity contribution is 9.11. The molecule has 0 bridgehead atoms. The van der Waals surface area contributed by atoms with Crippen LogP contribution in [0.15, 0.2) is 34.1 Å². The second-order valence-electron chi connectivity index (χ2n) is 7.95. The molecule has 0 unspecified atom stereocenters. The van der Waals surface area contributed by atoms with Gasteiger partial charge in [0.05, 0.1) is 26.5 Å². The summed E-state index contributed by atoms with van der Waals surface area (Å²) in [7, 11) is 0. The summed E-state index contributed by atoms with van der Waals surface area (Å²) in [5, 5.41) is 0. The fourth-order valence-corrected chi connectivity index (χ4v) is 5.92. The van der Waals surface area contributed by atoms with Crippen LogP contribution < -0.4 is 9.47 Å². The van der Waals surface area contributed by atoms with Crippen molar-refractivity contribution >= 4 is 49.4 Å². The molecule has 2 aliphatic rings. The number of esters is 1. The molecule has 0 radical (unpaired) electrons. The number of rotatable bonds is 5. The fraction of sp³-hybridized carbons (Fsp3) is 0.391. The van der Waals surface area contributed by atoms with Gasteiger partial charge in [-0.1, -0.05) is 6.07 Å². The number of aromatic nitrogens is 1. The molecule has 1 aromatic carbocycles. The van der Waals surface area contributed by atoms with E-state index in [0.29, 0.717) is 31.9 Å². The van der Waals surface area contributed by atoms with Crippen molar-refractivity contribution < 1.29 is 23.8 Å². The van der Waals surface area contributed by atoms with Gasteiger partial charge in [-0.25, -0.2) is 0 Å². The van der Waals surface area contributed by atoms with Crippen LogP contribution in [0.25, 0.3) is 10.2 Å². The fourth-order valence-electron chi connectivity index (χ4n) is 4.36. The van der Waals surface area contributed by atoms with Crippen molar-refractivity contribution in [3.05, 3.63) is 45.4 Å². The predicted octanol–water partition coefficient (Wildman–Crippen LogP) is 4.66. The van der Waals surface area contributed by atoms with E-state index in [-0.39, 0.29) is 24.6 Å². The molecule has 2 aliphatic heterocycles. The summed E-state index contributed by atoms with van der Waals surface area (Å²) in [5.74, 6) is 0.919. The van der Waals surface area contributed by atoms with Crippen molar-refractivity contribution in [2.45, 2.75) is 26.3 Å². The maximum absolute atomic E-state index is 13.6. The van der Waals surface area contributed by atoms with E-state index in [1.54, 1.807) is 23.2 Å². The Labute approximate surface area is 198 Å². The van der Waals surface area contributed by atoms with Gasteiger partial charge in [0.2, 0.25) is 6.79 Å². The lowest BCUT2D eigenvalue weighted by atomic mass is 9.98. The van der Waals surface area contributed by atoms with Gasteiger partial charge in [0.15, 0.2) is 11.5 Å². The van der Waals surface area contributed by atoms with E-state index in [0.717, 1.165) is 43.9 Å². The molecule has 3 aromatic rings. The molecule has 1 atom stereocenters. The number of carbonyl (C=O) groups excluding carboxylic acids is 2. The first-order chi connectivity index (χ1) is 15.5. The van der Waals surface area contributed by atoms with Gasteiger partial charge in [-0.3, -0.25) is 9.59 Å². The molecule has 4 heterocycles. The van der Waals surface area contributed by atoms with E-state index >= 15 is 0 Å². The van der Waals surface area contributed by atoms with Crippen molar-refractivity contribution in [3.63, 3.8) is 0 Å². The molecule has 2 aromatic heterocycles. The molecule has 32 heavy (non-hydrogen) atoms. The number of ether oxygens (including phenoxy) is 3. The minimum absolute atomic E-state index is 0.0562. The van der Waals surface area contributed by atoms with Crippen LogP contribution in [0.4, 0.5) is 0 Å². The number of carbonyl (C=O) groups is 2. The average Bonchev–Trinajstić information content (AvgIpc) is 3.48. The van der Waals surface area contributed by atoms with Crippen LogP contribution in [-0.2, 0) is 16.1 Å². The van der Waals surface area contributed by atoms with Crippen molar-refractivity contribution in [2.75, 3.05) is 26.5 Å². The Hall–Kier alpha value is -2.52. The molecule has 5 rings (SSSR count). The third-order valence-electron chi connectivity index (χ3n) is 5.88. The van der Waals surface area contributed by atoms with E-state index in [2.05, 4.69) is 15.9 Å². The summed E-state index contributed by atoms with van der Waals surface area (Å²) in [5.41, 5.74) is 2.65. The zero-order valence-corrected chi connectivity index (χ0v) is 20.0. The quantitative estimate of drug-likeness (QED) is 0.459. The summed E-state index contributed by atoms with van der Waals surface area (Å²) in [4.78, 5) is 27.6. The molecule has 0 saturated carbocycles. The molecule has 1 saturated heterocycles. The lowest BCUT2D eigenvalue weighted by Crippen LogP contribution is -2.43. The number of hydrogen-bond acceptors (Lipinski definition) is 6. The highest BCUT2D eigenvalue weighted by Crippen LogP contribution is 2.36. The molecular weight excluding hydrogens is 496 g/mol. The van der Waals surface area contributed by atoms with Crippen molar-refractivity contribution in [1.82, 2.24) is 9.47 Å². The smallest absolute Gasteiger partial charge is 0.310 e. The van der Waals surface area contributed by atoms with E-state index in [4.69, 9.17) is 14.2 Å². The summed E-state index contributed by atoms with van der Waals surface area (Å²) >= 11 is 5.16. The van der Waals surface area contributed by atoms with Gasteiger partial charge in [-0.2, -0.15) is 0 Å².